The first-order chi connectivity index (χ1) is 29.7. The molecule has 0 fully saturated rings. The van der Waals surface area contributed by atoms with Crippen LogP contribution in [-0.4, -0.2) is 0 Å². The Hall–Kier alpha value is -7.42. The molecule has 0 radical (unpaired) electrons. The fourth-order valence-electron chi connectivity index (χ4n) is 7.78. The first-order valence-electron chi connectivity index (χ1n) is 21.1. The van der Waals surface area contributed by atoms with Gasteiger partial charge in [0, 0.05) is 27.8 Å². The molecule has 0 atom stereocenters. The summed E-state index contributed by atoms with van der Waals surface area (Å²) in [7, 11) is 0. The summed E-state index contributed by atoms with van der Waals surface area (Å²) in [5, 5.41) is 2.27. The largest absolute Gasteiger partial charge is 0.456 e. The van der Waals surface area contributed by atoms with Gasteiger partial charge in [0.25, 0.3) is 0 Å². The van der Waals surface area contributed by atoms with Crippen molar-refractivity contribution in [3.8, 4) is 55.6 Å². The molecule has 0 saturated heterocycles. The van der Waals surface area contributed by atoms with E-state index in [0.29, 0.717) is 0 Å². The van der Waals surface area contributed by atoms with Gasteiger partial charge in [-0.1, -0.05) is 179 Å². The fourth-order valence-corrected chi connectivity index (χ4v) is 7.78. The first kappa shape index (κ1) is 39.4. The average Bonchev–Trinajstić information content (AvgIpc) is 3.72. The summed E-state index contributed by atoms with van der Waals surface area (Å²) < 4.78 is 6.11. The van der Waals surface area contributed by atoms with E-state index in [9.17, 15) is 0 Å². The van der Waals surface area contributed by atoms with Crippen molar-refractivity contribution >= 4 is 39.0 Å². The molecule has 10 aromatic rings. The third kappa shape index (κ3) is 8.27. The number of furan rings is 1. The summed E-state index contributed by atoms with van der Waals surface area (Å²) >= 11 is 0. The van der Waals surface area contributed by atoms with E-state index >= 15 is 0 Å². The Balaban J connectivity index is 0.00000121. The van der Waals surface area contributed by atoms with Crippen LogP contribution in [0.2, 0.25) is 0 Å². The van der Waals surface area contributed by atoms with Crippen LogP contribution in [-0.2, 0) is 0 Å². The third-order valence-electron chi connectivity index (χ3n) is 10.7. The van der Waals surface area contributed by atoms with Gasteiger partial charge in [0.15, 0.2) is 0 Å². The molecule has 0 unspecified atom stereocenters. The predicted octanol–water partition coefficient (Wildman–Crippen LogP) is 17.4. The van der Waals surface area contributed by atoms with Crippen LogP contribution in [0.5, 0.6) is 0 Å². The molecular weight excluding hydrogens is 727 g/mol. The predicted molar refractivity (Wildman–Crippen MR) is 258 cm³/mol. The number of hydrogen-bond acceptors (Lipinski definition) is 2. The van der Waals surface area contributed by atoms with Gasteiger partial charge in [-0.3, -0.25) is 0 Å². The number of rotatable bonds is 8. The van der Waals surface area contributed by atoms with Crippen molar-refractivity contribution in [1.29, 1.82) is 0 Å². The first-order valence-corrected chi connectivity index (χ1v) is 21.1. The molecule has 0 aliphatic heterocycles. The summed E-state index contributed by atoms with van der Waals surface area (Å²) in [6.07, 6.45) is 0. The number of fused-ring (bicyclic) bond motifs is 3. The van der Waals surface area contributed by atoms with Crippen molar-refractivity contribution in [2.75, 3.05) is 4.90 Å². The SMILES string of the molecule is CC.CC.c1ccc(-c2ccc(N(c3ccc(-c4cc(-c5ccccc5)cc(-c5ccccc5)c4)cc3)c3ccc(-c4ccc5oc6ccccc6c5c4)cc3)cc2)cc1. The molecule has 9 aromatic carbocycles. The summed E-state index contributed by atoms with van der Waals surface area (Å²) in [5.74, 6) is 0. The Morgan fingerprint density at radius 2 is 0.567 bits per heavy atom. The highest BCUT2D eigenvalue weighted by Crippen LogP contribution is 2.40. The van der Waals surface area contributed by atoms with Gasteiger partial charge in [0.05, 0.1) is 0 Å². The van der Waals surface area contributed by atoms with Crippen LogP contribution < -0.4 is 4.90 Å². The molecular formula is C58H49NO. The van der Waals surface area contributed by atoms with Gasteiger partial charge < -0.3 is 9.32 Å². The highest BCUT2D eigenvalue weighted by atomic mass is 16.3. The van der Waals surface area contributed by atoms with Gasteiger partial charge in [0.2, 0.25) is 0 Å². The molecule has 292 valence electrons. The van der Waals surface area contributed by atoms with E-state index in [1.165, 1.54) is 44.5 Å². The summed E-state index contributed by atoms with van der Waals surface area (Å²) in [5.41, 5.74) is 16.9. The molecule has 0 aliphatic rings. The van der Waals surface area contributed by atoms with Crippen molar-refractivity contribution in [3.05, 3.63) is 224 Å². The molecule has 10 rings (SSSR count). The number of para-hydroxylation sites is 1. The van der Waals surface area contributed by atoms with Gasteiger partial charge in [-0.05, 0) is 128 Å². The lowest BCUT2D eigenvalue weighted by Crippen LogP contribution is -2.09. The van der Waals surface area contributed by atoms with Crippen molar-refractivity contribution in [2.45, 2.75) is 27.7 Å². The molecule has 1 heterocycles. The van der Waals surface area contributed by atoms with Gasteiger partial charge in [-0.25, -0.2) is 0 Å². The van der Waals surface area contributed by atoms with Crippen LogP contribution in [0.3, 0.4) is 0 Å². The second-order valence-electron chi connectivity index (χ2n) is 14.2. The van der Waals surface area contributed by atoms with E-state index in [0.717, 1.165) is 50.1 Å². The molecule has 0 bridgehead atoms. The summed E-state index contributed by atoms with van der Waals surface area (Å²) in [6.45, 7) is 8.00. The normalized spacial score (nSPS) is 10.7. The van der Waals surface area contributed by atoms with Crippen molar-refractivity contribution in [2.24, 2.45) is 0 Å². The molecule has 0 saturated carbocycles. The van der Waals surface area contributed by atoms with E-state index in [4.69, 9.17) is 4.42 Å². The van der Waals surface area contributed by atoms with E-state index in [1.54, 1.807) is 0 Å². The monoisotopic (exact) mass is 775 g/mol. The van der Waals surface area contributed by atoms with E-state index in [1.807, 2.05) is 39.8 Å². The second kappa shape index (κ2) is 18.4. The van der Waals surface area contributed by atoms with Crippen LogP contribution in [0.4, 0.5) is 17.1 Å². The van der Waals surface area contributed by atoms with Crippen molar-refractivity contribution in [1.82, 2.24) is 0 Å². The van der Waals surface area contributed by atoms with Gasteiger partial charge >= 0.3 is 0 Å². The zero-order valence-corrected chi connectivity index (χ0v) is 34.7. The van der Waals surface area contributed by atoms with Crippen LogP contribution in [0.25, 0.3) is 77.6 Å². The van der Waals surface area contributed by atoms with E-state index < -0.39 is 0 Å². The minimum atomic E-state index is 0.906. The highest BCUT2D eigenvalue weighted by Gasteiger charge is 2.15. The van der Waals surface area contributed by atoms with Crippen LogP contribution >= 0.6 is 0 Å². The maximum atomic E-state index is 6.11. The molecule has 0 N–H and O–H groups in total. The minimum absolute atomic E-state index is 0.906. The zero-order chi connectivity index (χ0) is 41.3. The van der Waals surface area contributed by atoms with Crippen molar-refractivity contribution in [3.63, 3.8) is 0 Å². The molecule has 2 heteroatoms. The number of hydrogen-bond donors (Lipinski definition) is 0. The summed E-state index contributed by atoms with van der Waals surface area (Å²) in [6, 6.07) is 80.2. The smallest absolute Gasteiger partial charge is 0.135 e. The Morgan fingerprint density at radius 1 is 0.250 bits per heavy atom. The quantitative estimate of drug-likeness (QED) is 0.153. The molecule has 0 spiro atoms. The molecule has 1 aromatic heterocycles. The van der Waals surface area contributed by atoms with E-state index in [-0.39, 0.29) is 0 Å². The lowest BCUT2D eigenvalue weighted by Gasteiger charge is -2.26. The minimum Gasteiger partial charge on any atom is -0.456 e. The number of nitrogens with zero attached hydrogens (tertiary/aromatic N) is 1. The van der Waals surface area contributed by atoms with E-state index in [2.05, 4.69) is 217 Å². The second-order valence-corrected chi connectivity index (χ2v) is 14.2. The van der Waals surface area contributed by atoms with Gasteiger partial charge in [0.1, 0.15) is 11.2 Å². The standard InChI is InChI=1S/C54H37NO.2C2H6/c1-4-12-38(13-5-1)41-20-27-48(28-21-41)55(49-29-22-42(23-30-49)44-26-33-54-52(37-44)51-18-10-11-19-53(51)56-54)50-31-24-43(25-32-50)47-35-45(39-14-6-2-7-15-39)34-46(36-47)40-16-8-3-9-17-40;2*1-2/h1-37H;2*1-2H3. The maximum Gasteiger partial charge on any atom is 0.135 e. The van der Waals surface area contributed by atoms with Gasteiger partial charge in [-0.15, -0.1) is 0 Å². The zero-order valence-electron chi connectivity index (χ0n) is 34.7. The maximum absolute atomic E-state index is 6.11. The highest BCUT2D eigenvalue weighted by molar-refractivity contribution is 6.06. The Morgan fingerprint density at radius 3 is 1.02 bits per heavy atom. The third-order valence-corrected chi connectivity index (χ3v) is 10.7. The molecule has 2 nitrogen and oxygen atoms in total. The lowest BCUT2D eigenvalue weighted by molar-refractivity contribution is 0.669. The Kier molecular flexibility index (Phi) is 12.1. The Labute approximate surface area is 354 Å². The molecule has 0 aliphatic carbocycles. The topological polar surface area (TPSA) is 16.4 Å². The lowest BCUT2D eigenvalue weighted by atomic mass is 9.93. The van der Waals surface area contributed by atoms with Crippen LogP contribution in [0, 0.1) is 0 Å². The molecule has 60 heavy (non-hydrogen) atoms. The van der Waals surface area contributed by atoms with Crippen LogP contribution in [0.1, 0.15) is 27.7 Å². The number of benzene rings is 9. The van der Waals surface area contributed by atoms with Crippen LogP contribution in [0.15, 0.2) is 229 Å². The van der Waals surface area contributed by atoms with Crippen molar-refractivity contribution < 1.29 is 4.42 Å². The number of anilines is 3. The average molecular weight is 776 g/mol. The molecule has 0 amide bonds. The van der Waals surface area contributed by atoms with Gasteiger partial charge in [-0.2, -0.15) is 0 Å². The Bertz CT molecular complexity index is 2850. The fraction of sp³-hybridized carbons (Fsp3) is 0.0690. The summed E-state index contributed by atoms with van der Waals surface area (Å²) in [4.78, 5) is 2.34.